The first kappa shape index (κ1) is 10.5. The molecule has 13 heavy (non-hydrogen) atoms. The maximum Gasteiger partial charge on any atom is 0.251 e. The summed E-state index contributed by atoms with van der Waals surface area (Å²) in [4.78, 5) is 15.4. The summed E-state index contributed by atoms with van der Waals surface area (Å²) in [5.74, 6) is -0.143. The molecule has 76 valence electrons. The SMILES string of the molecule is CCN1CCN(C(=O)C(C)O)CC1. The maximum atomic E-state index is 11.4. The van der Waals surface area contributed by atoms with Crippen LogP contribution >= 0.6 is 0 Å². The van der Waals surface area contributed by atoms with E-state index in [9.17, 15) is 4.79 Å². The topological polar surface area (TPSA) is 43.8 Å². The van der Waals surface area contributed by atoms with Crippen LogP contribution in [-0.4, -0.2) is 59.6 Å². The van der Waals surface area contributed by atoms with Crippen molar-refractivity contribution in [2.45, 2.75) is 20.0 Å². The summed E-state index contributed by atoms with van der Waals surface area (Å²) in [5, 5.41) is 9.09. The van der Waals surface area contributed by atoms with Crippen molar-refractivity contribution in [3.05, 3.63) is 0 Å². The molecule has 0 aromatic rings. The van der Waals surface area contributed by atoms with E-state index in [1.165, 1.54) is 6.92 Å². The lowest BCUT2D eigenvalue weighted by Crippen LogP contribution is -2.50. The number of rotatable bonds is 2. The molecule has 1 rings (SSSR count). The number of amides is 1. The summed E-state index contributed by atoms with van der Waals surface area (Å²) in [6.45, 7) is 8.02. The molecule has 0 bridgehead atoms. The van der Waals surface area contributed by atoms with E-state index < -0.39 is 6.10 Å². The third-order valence-corrected chi connectivity index (χ3v) is 2.49. The van der Waals surface area contributed by atoms with Gasteiger partial charge in [-0.15, -0.1) is 0 Å². The van der Waals surface area contributed by atoms with E-state index in [4.69, 9.17) is 5.11 Å². The lowest BCUT2D eigenvalue weighted by Gasteiger charge is -2.34. The lowest BCUT2D eigenvalue weighted by atomic mass is 10.2. The molecule has 1 atom stereocenters. The van der Waals surface area contributed by atoms with Gasteiger partial charge in [-0.05, 0) is 13.5 Å². The number of piperazine rings is 1. The summed E-state index contributed by atoms with van der Waals surface area (Å²) in [5.41, 5.74) is 0. The molecule has 0 aliphatic carbocycles. The van der Waals surface area contributed by atoms with Crippen molar-refractivity contribution in [1.82, 2.24) is 9.80 Å². The molecular weight excluding hydrogens is 168 g/mol. The Bertz CT molecular complexity index is 174. The number of hydrogen-bond acceptors (Lipinski definition) is 3. The zero-order valence-electron chi connectivity index (χ0n) is 8.36. The normalized spacial score (nSPS) is 21.6. The first-order valence-corrected chi connectivity index (χ1v) is 4.84. The fourth-order valence-corrected chi connectivity index (χ4v) is 1.55. The van der Waals surface area contributed by atoms with E-state index >= 15 is 0 Å². The van der Waals surface area contributed by atoms with Gasteiger partial charge in [-0.25, -0.2) is 0 Å². The summed E-state index contributed by atoms with van der Waals surface area (Å²) in [6.07, 6.45) is -0.854. The standard InChI is InChI=1S/C9H18N2O2/c1-3-10-4-6-11(7-5-10)9(13)8(2)12/h8,12H,3-7H2,1-2H3. The number of aliphatic hydroxyl groups excluding tert-OH is 1. The van der Waals surface area contributed by atoms with Gasteiger partial charge in [0.2, 0.25) is 0 Å². The van der Waals surface area contributed by atoms with Crippen molar-refractivity contribution in [3.8, 4) is 0 Å². The Labute approximate surface area is 79.1 Å². The highest BCUT2D eigenvalue weighted by molar-refractivity contribution is 5.80. The van der Waals surface area contributed by atoms with Crippen LogP contribution in [0.25, 0.3) is 0 Å². The summed E-state index contributed by atoms with van der Waals surface area (Å²) in [7, 11) is 0. The van der Waals surface area contributed by atoms with Crippen LogP contribution in [0.15, 0.2) is 0 Å². The molecule has 4 nitrogen and oxygen atoms in total. The second-order valence-electron chi connectivity index (χ2n) is 3.44. The summed E-state index contributed by atoms with van der Waals surface area (Å²) >= 11 is 0. The predicted octanol–water partition coefficient (Wildman–Crippen LogP) is -0.469. The van der Waals surface area contributed by atoms with Crippen LogP contribution < -0.4 is 0 Å². The quantitative estimate of drug-likeness (QED) is 0.634. The first-order chi connectivity index (χ1) is 6.15. The highest BCUT2D eigenvalue weighted by Crippen LogP contribution is 2.03. The Hall–Kier alpha value is -0.610. The molecule has 1 heterocycles. The first-order valence-electron chi connectivity index (χ1n) is 4.84. The van der Waals surface area contributed by atoms with Gasteiger partial charge in [-0.3, -0.25) is 4.79 Å². The minimum absolute atomic E-state index is 0.143. The molecule has 0 saturated carbocycles. The van der Waals surface area contributed by atoms with Crippen molar-refractivity contribution >= 4 is 5.91 Å². The molecule has 1 saturated heterocycles. The van der Waals surface area contributed by atoms with Crippen molar-refractivity contribution < 1.29 is 9.90 Å². The van der Waals surface area contributed by atoms with E-state index in [2.05, 4.69) is 11.8 Å². The minimum Gasteiger partial charge on any atom is -0.384 e. The number of nitrogens with zero attached hydrogens (tertiary/aromatic N) is 2. The zero-order valence-corrected chi connectivity index (χ0v) is 8.36. The van der Waals surface area contributed by atoms with Gasteiger partial charge in [0.15, 0.2) is 0 Å². The van der Waals surface area contributed by atoms with E-state index in [0.29, 0.717) is 0 Å². The van der Waals surface area contributed by atoms with Gasteiger partial charge in [-0.1, -0.05) is 6.92 Å². The second-order valence-corrected chi connectivity index (χ2v) is 3.44. The Morgan fingerprint density at radius 3 is 2.31 bits per heavy atom. The average Bonchev–Trinajstić information content (AvgIpc) is 2.17. The third kappa shape index (κ3) is 2.67. The van der Waals surface area contributed by atoms with Crippen LogP contribution in [0.2, 0.25) is 0 Å². The summed E-state index contributed by atoms with van der Waals surface area (Å²) < 4.78 is 0. The second kappa shape index (κ2) is 4.58. The van der Waals surface area contributed by atoms with Gasteiger partial charge >= 0.3 is 0 Å². The fraction of sp³-hybridized carbons (Fsp3) is 0.889. The highest BCUT2D eigenvalue weighted by Gasteiger charge is 2.22. The minimum atomic E-state index is -0.854. The van der Waals surface area contributed by atoms with Crippen LogP contribution in [0.1, 0.15) is 13.8 Å². The molecule has 0 aromatic carbocycles. The van der Waals surface area contributed by atoms with Crippen molar-refractivity contribution in [1.29, 1.82) is 0 Å². The molecule has 0 spiro atoms. The van der Waals surface area contributed by atoms with Gasteiger partial charge in [-0.2, -0.15) is 0 Å². The van der Waals surface area contributed by atoms with Crippen LogP contribution in [0.4, 0.5) is 0 Å². The smallest absolute Gasteiger partial charge is 0.251 e. The zero-order chi connectivity index (χ0) is 9.84. The number of likely N-dealkylation sites (N-methyl/N-ethyl adjacent to an activating group) is 1. The molecule has 1 aliphatic rings. The maximum absolute atomic E-state index is 11.4. The molecule has 1 amide bonds. The number of carbonyl (C=O) groups is 1. The molecular formula is C9H18N2O2. The van der Waals surface area contributed by atoms with Gasteiger partial charge in [0.25, 0.3) is 5.91 Å². The van der Waals surface area contributed by atoms with E-state index in [0.717, 1.165) is 32.7 Å². The van der Waals surface area contributed by atoms with Crippen LogP contribution in [0.3, 0.4) is 0 Å². The van der Waals surface area contributed by atoms with Crippen molar-refractivity contribution in [3.63, 3.8) is 0 Å². The molecule has 1 aliphatic heterocycles. The lowest BCUT2D eigenvalue weighted by molar-refractivity contribution is -0.141. The molecule has 4 heteroatoms. The van der Waals surface area contributed by atoms with Gasteiger partial charge < -0.3 is 14.9 Å². The van der Waals surface area contributed by atoms with Gasteiger partial charge in [0.05, 0.1) is 0 Å². The van der Waals surface area contributed by atoms with Crippen LogP contribution in [0, 0.1) is 0 Å². The molecule has 1 fully saturated rings. The van der Waals surface area contributed by atoms with Crippen molar-refractivity contribution in [2.24, 2.45) is 0 Å². The molecule has 0 radical (unpaired) electrons. The van der Waals surface area contributed by atoms with E-state index in [1.807, 2.05) is 0 Å². The predicted molar refractivity (Wildman–Crippen MR) is 50.4 cm³/mol. The average molecular weight is 186 g/mol. The number of carbonyl (C=O) groups excluding carboxylic acids is 1. The monoisotopic (exact) mass is 186 g/mol. The summed E-state index contributed by atoms with van der Waals surface area (Å²) in [6, 6.07) is 0. The fourth-order valence-electron chi connectivity index (χ4n) is 1.55. The van der Waals surface area contributed by atoms with Gasteiger partial charge in [0.1, 0.15) is 6.10 Å². The number of aliphatic hydroxyl groups is 1. The van der Waals surface area contributed by atoms with Crippen molar-refractivity contribution in [2.75, 3.05) is 32.7 Å². The van der Waals surface area contributed by atoms with E-state index in [-0.39, 0.29) is 5.91 Å². The Morgan fingerprint density at radius 1 is 1.38 bits per heavy atom. The van der Waals surface area contributed by atoms with Gasteiger partial charge in [0, 0.05) is 26.2 Å². The van der Waals surface area contributed by atoms with Crippen LogP contribution in [0.5, 0.6) is 0 Å². The molecule has 0 aromatic heterocycles. The van der Waals surface area contributed by atoms with Crippen LogP contribution in [-0.2, 0) is 4.79 Å². The Morgan fingerprint density at radius 2 is 1.92 bits per heavy atom. The molecule has 1 unspecified atom stereocenters. The third-order valence-electron chi connectivity index (χ3n) is 2.49. The Balaban J connectivity index is 2.36. The van der Waals surface area contributed by atoms with E-state index in [1.54, 1.807) is 4.90 Å². The number of hydrogen-bond donors (Lipinski definition) is 1. The molecule has 1 N–H and O–H groups in total. The Kier molecular flexibility index (Phi) is 3.69. The highest BCUT2D eigenvalue weighted by atomic mass is 16.3. The largest absolute Gasteiger partial charge is 0.384 e.